The molecule has 0 amide bonds. The third-order valence-electron chi connectivity index (χ3n) is 1.52. The Balaban J connectivity index is 2.30. The van der Waals surface area contributed by atoms with Crippen molar-refractivity contribution < 1.29 is 14.3 Å². The highest BCUT2D eigenvalue weighted by atomic mass is 16.6. The molecular weight excluding hydrogens is 144 g/mol. The molecule has 3 nitrogen and oxygen atoms in total. The van der Waals surface area contributed by atoms with E-state index in [1.165, 1.54) is 13.2 Å². The zero-order chi connectivity index (χ0) is 8.27. The lowest BCUT2D eigenvalue weighted by molar-refractivity contribution is -0.134. The molecule has 3 heteroatoms. The number of rotatable bonds is 3. The van der Waals surface area contributed by atoms with Crippen molar-refractivity contribution in [2.45, 2.75) is 19.4 Å². The molecule has 1 fully saturated rings. The van der Waals surface area contributed by atoms with E-state index in [0.717, 1.165) is 18.6 Å². The molecule has 0 aliphatic carbocycles. The highest BCUT2D eigenvalue weighted by molar-refractivity contribution is 5.82. The summed E-state index contributed by atoms with van der Waals surface area (Å²) in [6.07, 6.45) is 2.69. The highest BCUT2D eigenvalue weighted by Crippen LogP contribution is 2.18. The Morgan fingerprint density at radius 2 is 2.45 bits per heavy atom. The lowest BCUT2D eigenvalue weighted by atomic mass is 10.1. The van der Waals surface area contributed by atoms with Gasteiger partial charge in [-0.1, -0.05) is 5.57 Å². The number of carbonyl (C=O) groups is 1. The summed E-state index contributed by atoms with van der Waals surface area (Å²) in [5.74, 6) is -0.289. The van der Waals surface area contributed by atoms with Crippen molar-refractivity contribution in [2.75, 3.05) is 13.7 Å². The standard InChI is InChI=1S/C8H12O3/c1-6(3-7-5-11-7)4-8(9)10-2/h4,7H,3,5H2,1-2H3. The summed E-state index contributed by atoms with van der Waals surface area (Å²) >= 11 is 0. The van der Waals surface area contributed by atoms with Crippen molar-refractivity contribution in [1.82, 2.24) is 0 Å². The van der Waals surface area contributed by atoms with E-state index in [4.69, 9.17) is 4.74 Å². The van der Waals surface area contributed by atoms with Crippen LogP contribution in [0.2, 0.25) is 0 Å². The maximum Gasteiger partial charge on any atom is 0.330 e. The summed E-state index contributed by atoms with van der Waals surface area (Å²) in [5, 5.41) is 0. The summed E-state index contributed by atoms with van der Waals surface area (Å²) in [6.45, 7) is 2.73. The first-order chi connectivity index (χ1) is 5.22. The molecule has 11 heavy (non-hydrogen) atoms. The Labute approximate surface area is 66.0 Å². The van der Waals surface area contributed by atoms with Gasteiger partial charge in [-0.3, -0.25) is 0 Å². The average Bonchev–Trinajstić information content (AvgIpc) is 2.71. The minimum atomic E-state index is -0.289. The molecule has 0 aromatic rings. The average molecular weight is 156 g/mol. The van der Waals surface area contributed by atoms with Crippen LogP contribution < -0.4 is 0 Å². The number of methoxy groups -OCH3 is 1. The van der Waals surface area contributed by atoms with Gasteiger partial charge in [-0.25, -0.2) is 4.79 Å². The lowest BCUT2D eigenvalue weighted by Gasteiger charge is -1.95. The van der Waals surface area contributed by atoms with Gasteiger partial charge in [-0.05, 0) is 13.3 Å². The van der Waals surface area contributed by atoms with Crippen LogP contribution in [0.5, 0.6) is 0 Å². The van der Waals surface area contributed by atoms with Gasteiger partial charge < -0.3 is 9.47 Å². The number of ether oxygens (including phenoxy) is 2. The van der Waals surface area contributed by atoms with E-state index in [-0.39, 0.29) is 5.97 Å². The maximum atomic E-state index is 10.7. The Kier molecular flexibility index (Phi) is 2.65. The molecule has 0 N–H and O–H groups in total. The smallest absolute Gasteiger partial charge is 0.330 e. The van der Waals surface area contributed by atoms with E-state index in [1.54, 1.807) is 0 Å². The van der Waals surface area contributed by atoms with E-state index in [9.17, 15) is 4.79 Å². The molecule has 1 aliphatic heterocycles. The molecule has 1 rings (SSSR count). The van der Waals surface area contributed by atoms with Crippen molar-refractivity contribution in [3.63, 3.8) is 0 Å². The van der Waals surface area contributed by atoms with E-state index in [0.29, 0.717) is 6.10 Å². The van der Waals surface area contributed by atoms with Crippen LogP contribution in [0.15, 0.2) is 11.6 Å². The van der Waals surface area contributed by atoms with Gasteiger partial charge in [0.1, 0.15) is 0 Å². The second kappa shape index (κ2) is 3.53. The molecule has 0 radical (unpaired) electrons. The predicted molar refractivity (Wildman–Crippen MR) is 40.1 cm³/mol. The van der Waals surface area contributed by atoms with E-state index in [2.05, 4.69) is 4.74 Å². The number of epoxide rings is 1. The van der Waals surface area contributed by atoms with Crippen LogP contribution in [-0.4, -0.2) is 25.8 Å². The maximum absolute atomic E-state index is 10.7. The molecule has 1 aliphatic rings. The molecule has 1 saturated heterocycles. The van der Waals surface area contributed by atoms with Gasteiger partial charge in [0.05, 0.1) is 19.8 Å². The molecule has 0 aromatic heterocycles. The van der Waals surface area contributed by atoms with E-state index < -0.39 is 0 Å². The summed E-state index contributed by atoms with van der Waals surface area (Å²) < 4.78 is 9.47. The predicted octanol–water partition coefficient (Wildman–Crippen LogP) is 0.895. The van der Waals surface area contributed by atoms with Crippen LogP contribution in [-0.2, 0) is 14.3 Å². The SMILES string of the molecule is COC(=O)C=C(C)CC1CO1. The van der Waals surface area contributed by atoms with Gasteiger partial charge >= 0.3 is 5.97 Å². The molecule has 62 valence electrons. The molecule has 0 saturated carbocycles. The molecule has 1 unspecified atom stereocenters. The van der Waals surface area contributed by atoms with Crippen LogP contribution in [0.4, 0.5) is 0 Å². The Morgan fingerprint density at radius 1 is 1.82 bits per heavy atom. The lowest BCUT2D eigenvalue weighted by Crippen LogP contribution is -1.97. The summed E-state index contributed by atoms with van der Waals surface area (Å²) in [7, 11) is 1.37. The molecular formula is C8H12O3. The first-order valence-electron chi connectivity index (χ1n) is 3.59. The Hall–Kier alpha value is -0.830. The van der Waals surface area contributed by atoms with Crippen LogP contribution in [0, 0.1) is 0 Å². The van der Waals surface area contributed by atoms with Crippen molar-refractivity contribution in [2.24, 2.45) is 0 Å². The van der Waals surface area contributed by atoms with Gasteiger partial charge in [0.15, 0.2) is 0 Å². The first kappa shape index (κ1) is 8.27. The number of hydrogen-bond acceptors (Lipinski definition) is 3. The molecule has 1 atom stereocenters. The summed E-state index contributed by atoms with van der Waals surface area (Å²) in [4.78, 5) is 10.7. The van der Waals surface area contributed by atoms with Crippen LogP contribution in [0.1, 0.15) is 13.3 Å². The Morgan fingerprint density at radius 3 is 2.91 bits per heavy atom. The summed E-state index contributed by atoms with van der Waals surface area (Å²) in [6, 6.07) is 0. The van der Waals surface area contributed by atoms with Gasteiger partial charge in [0, 0.05) is 6.08 Å². The third-order valence-corrected chi connectivity index (χ3v) is 1.52. The zero-order valence-corrected chi connectivity index (χ0v) is 6.79. The van der Waals surface area contributed by atoms with Gasteiger partial charge in [0.2, 0.25) is 0 Å². The fourth-order valence-corrected chi connectivity index (χ4v) is 0.864. The van der Waals surface area contributed by atoms with Gasteiger partial charge in [-0.15, -0.1) is 0 Å². The fourth-order valence-electron chi connectivity index (χ4n) is 0.864. The quantitative estimate of drug-likeness (QED) is 0.346. The number of hydrogen-bond donors (Lipinski definition) is 0. The second-order valence-electron chi connectivity index (χ2n) is 2.67. The van der Waals surface area contributed by atoms with E-state index >= 15 is 0 Å². The zero-order valence-electron chi connectivity index (χ0n) is 6.79. The van der Waals surface area contributed by atoms with Crippen molar-refractivity contribution in [1.29, 1.82) is 0 Å². The molecule has 0 bridgehead atoms. The van der Waals surface area contributed by atoms with E-state index in [1.807, 2.05) is 6.92 Å². The minimum Gasteiger partial charge on any atom is -0.466 e. The molecule has 1 heterocycles. The van der Waals surface area contributed by atoms with Gasteiger partial charge in [-0.2, -0.15) is 0 Å². The van der Waals surface area contributed by atoms with Crippen LogP contribution in [0.3, 0.4) is 0 Å². The fraction of sp³-hybridized carbons (Fsp3) is 0.625. The minimum absolute atomic E-state index is 0.289. The highest BCUT2D eigenvalue weighted by Gasteiger charge is 2.22. The van der Waals surface area contributed by atoms with Crippen molar-refractivity contribution in [3.8, 4) is 0 Å². The van der Waals surface area contributed by atoms with Crippen molar-refractivity contribution >= 4 is 5.97 Å². The first-order valence-corrected chi connectivity index (χ1v) is 3.59. The monoisotopic (exact) mass is 156 g/mol. The van der Waals surface area contributed by atoms with Crippen LogP contribution >= 0.6 is 0 Å². The third kappa shape index (κ3) is 3.18. The summed E-state index contributed by atoms with van der Waals surface area (Å²) in [5.41, 5.74) is 1.01. The van der Waals surface area contributed by atoms with Crippen LogP contribution in [0.25, 0.3) is 0 Å². The van der Waals surface area contributed by atoms with Crippen molar-refractivity contribution in [3.05, 3.63) is 11.6 Å². The largest absolute Gasteiger partial charge is 0.466 e. The molecule has 0 aromatic carbocycles. The topological polar surface area (TPSA) is 38.8 Å². The Bertz CT molecular complexity index is 180. The number of esters is 1. The normalized spacial score (nSPS) is 23.1. The number of carbonyl (C=O) groups excluding carboxylic acids is 1. The van der Waals surface area contributed by atoms with Gasteiger partial charge in [0.25, 0.3) is 0 Å². The second-order valence-corrected chi connectivity index (χ2v) is 2.67. The molecule has 0 spiro atoms.